The summed E-state index contributed by atoms with van der Waals surface area (Å²) in [6.45, 7) is 0.200. The van der Waals surface area contributed by atoms with Crippen LogP contribution in [-0.4, -0.2) is 22.9 Å². The van der Waals surface area contributed by atoms with E-state index in [4.69, 9.17) is 13.9 Å². The van der Waals surface area contributed by atoms with E-state index in [1.165, 1.54) is 0 Å². The molecule has 7 heteroatoms. The van der Waals surface area contributed by atoms with Gasteiger partial charge in [0.1, 0.15) is 0 Å². The SMILES string of the molecule is O=C(CCc1ccccc1)Nc1nnc(-c2ccc3c(c2)OCO3)o1. The first-order valence-corrected chi connectivity index (χ1v) is 7.85. The second-order valence-electron chi connectivity index (χ2n) is 5.51. The van der Waals surface area contributed by atoms with Gasteiger partial charge in [-0.1, -0.05) is 35.4 Å². The first-order chi connectivity index (χ1) is 12.3. The van der Waals surface area contributed by atoms with Crippen molar-refractivity contribution in [3.8, 4) is 23.0 Å². The van der Waals surface area contributed by atoms with Crippen LogP contribution in [0.25, 0.3) is 11.5 Å². The Balaban J connectivity index is 1.39. The molecule has 1 aromatic heterocycles. The fraction of sp³-hybridized carbons (Fsp3) is 0.167. The van der Waals surface area contributed by atoms with Crippen LogP contribution in [0.5, 0.6) is 11.5 Å². The molecule has 1 N–H and O–H groups in total. The summed E-state index contributed by atoms with van der Waals surface area (Å²) in [6, 6.07) is 15.2. The Morgan fingerprint density at radius 2 is 1.88 bits per heavy atom. The number of carbonyl (C=O) groups excluding carboxylic acids is 1. The highest BCUT2D eigenvalue weighted by atomic mass is 16.7. The fourth-order valence-corrected chi connectivity index (χ4v) is 2.50. The highest BCUT2D eigenvalue weighted by Gasteiger charge is 2.17. The molecule has 1 aliphatic heterocycles. The Morgan fingerprint density at radius 1 is 1.04 bits per heavy atom. The van der Waals surface area contributed by atoms with Crippen molar-refractivity contribution >= 4 is 11.9 Å². The highest BCUT2D eigenvalue weighted by molar-refractivity contribution is 5.88. The third kappa shape index (κ3) is 3.45. The molecule has 0 spiro atoms. The molecule has 0 bridgehead atoms. The number of aryl methyl sites for hydroxylation is 1. The lowest BCUT2D eigenvalue weighted by atomic mass is 10.1. The van der Waals surface area contributed by atoms with Gasteiger partial charge < -0.3 is 13.9 Å². The zero-order valence-corrected chi connectivity index (χ0v) is 13.3. The van der Waals surface area contributed by atoms with E-state index in [9.17, 15) is 4.79 Å². The largest absolute Gasteiger partial charge is 0.454 e. The molecule has 0 radical (unpaired) electrons. The number of rotatable bonds is 5. The van der Waals surface area contributed by atoms with Gasteiger partial charge in [-0.05, 0) is 30.2 Å². The van der Waals surface area contributed by atoms with E-state index in [0.717, 1.165) is 5.56 Å². The summed E-state index contributed by atoms with van der Waals surface area (Å²) < 4.78 is 16.1. The number of nitrogens with one attached hydrogen (secondary N) is 1. The first kappa shape index (κ1) is 15.2. The molecule has 0 saturated heterocycles. The summed E-state index contributed by atoms with van der Waals surface area (Å²) in [7, 11) is 0. The molecular formula is C18H15N3O4. The third-order valence-electron chi connectivity index (χ3n) is 3.77. The molecule has 2 heterocycles. The van der Waals surface area contributed by atoms with Crippen molar-refractivity contribution in [2.75, 3.05) is 12.1 Å². The molecular weight excluding hydrogens is 322 g/mol. The maximum absolute atomic E-state index is 12.0. The van der Waals surface area contributed by atoms with Crippen molar-refractivity contribution < 1.29 is 18.7 Å². The zero-order chi connectivity index (χ0) is 17.1. The van der Waals surface area contributed by atoms with Crippen molar-refractivity contribution in [1.29, 1.82) is 0 Å². The van der Waals surface area contributed by atoms with Gasteiger partial charge in [-0.25, -0.2) is 0 Å². The molecule has 0 unspecified atom stereocenters. The van der Waals surface area contributed by atoms with Crippen LogP contribution in [-0.2, 0) is 11.2 Å². The minimum atomic E-state index is -0.176. The number of aromatic nitrogens is 2. The Hall–Kier alpha value is -3.35. The Morgan fingerprint density at radius 3 is 2.76 bits per heavy atom. The standard InChI is InChI=1S/C18H15N3O4/c22-16(9-6-12-4-2-1-3-5-12)19-18-21-20-17(25-18)13-7-8-14-15(10-13)24-11-23-14/h1-5,7-8,10H,6,9,11H2,(H,19,21,22). The van der Waals surface area contributed by atoms with Crippen LogP contribution >= 0.6 is 0 Å². The first-order valence-electron chi connectivity index (χ1n) is 7.85. The predicted molar refractivity (Wildman–Crippen MR) is 89.2 cm³/mol. The zero-order valence-electron chi connectivity index (χ0n) is 13.3. The van der Waals surface area contributed by atoms with Gasteiger partial charge in [-0.3, -0.25) is 10.1 Å². The topological polar surface area (TPSA) is 86.5 Å². The number of carbonyl (C=O) groups is 1. The Kier molecular flexibility index (Phi) is 4.04. The number of ether oxygens (including phenoxy) is 2. The number of fused-ring (bicyclic) bond motifs is 1. The maximum atomic E-state index is 12.0. The van der Waals surface area contributed by atoms with Crippen molar-refractivity contribution in [3.63, 3.8) is 0 Å². The van der Waals surface area contributed by atoms with Gasteiger partial charge in [0.15, 0.2) is 11.5 Å². The summed E-state index contributed by atoms with van der Waals surface area (Å²) in [5.74, 6) is 1.43. The average molecular weight is 337 g/mol. The molecule has 1 aliphatic rings. The van der Waals surface area contributed by atoms with E-state index in [2.05, 4.69) is 15.5 Å². The van der Waals surface area contributed by atoms with Crippen LogP contribution < -0.4 is 14.8 Å². The number of nitrogens with zero attached hydrogens (tertiary/aromatic N) is 2. The maximum Gasteiger partial charge on any atom is 0.322 e. The van der Waals surface area contributed by atoms with Crippen molar-refractivity contribution in [3.05, 3.63) is 54.1 Å². The van der Waals surface area contributed by atoms with E-state index >= 15 is 0 Å². The van der Waals surface area contributed by atoms with Gasteiger partial charge in [0.2, 0.25) is 18.6 Å². The summed E-state index contributed by atoms with van der Waals surface area (Å²) in [4.78, 5) is 12.0. The van der Waals surface area contributed by atoms with E-state index in [1.807, 2.05) is 30.3 Å². The smallest absolute Gasteiger partial charge is 0.322 e. The van der Waals surface area contributed by atoms with E-state index in [-0.39, 0.29) is 18.7 Å². The lowest BCUT2D eigenvalue weighted by Crippen LogP contribution is -2.12. The molecule has 0 fully saturated rings. The highest BCUT2D eigenvalue weighted by Crippen LogP contribution is 2.35. The van der Waals surface area contributed by atoms with Gasteiger partial charge in [0, 0.05) is 12.0 Å². The van der Waals surface area contributed by atoms with Crippen LogP contribution in [0.3, 0.4) is 0 Å². The van der Waals surface area contributed by atoms with Crippen LogP contribution in [0, 0.1) is 0 Å². The summed E-state index contributed by atoms with van der Waals surface area (Å²) in [6.07, 6.45) is 0.988. The molecule has 0 atom stereocenters. The minimum Gasteiger partial charge on any atom is -0.454 e. The lowest BCUT2D eigenvalue weighted by Gasteiger charge is -2.01. The van der Waals surface area contributed by atoms with Gasteiger partial charge in [-0.2, -0.15) is 0 Å². The number of hydrogen-bond donors (Lipinski definition) is 1. The monoisotopic (exact) mass is 337 g/mol. The van der Waals surface area contributed by atoms with E-state index in [0.29, 0.717) is 35.8 Å². The molecule has 3 aromatic rings. The molecule has 4 rings (SSSR count). The molecule has 126 valence electrons. The van der Waals surface area contributed by atoms with Crippen LogP contribution in [0.4, 0.5) is 6.01 Å². The van der Waals surface area contributed by atoms with Gasteiger partial charge in [-0.15, -0.1) is 5.10 Å². The van der Waals surface area contributed by atoms with Crippen LogP contribution in [0.2, 0.25) is 0 Å². The fourth-order valence-electron chi connectivity index (χ4n) is 2.50. The second-order valence-corrected chi connectivity index (χ2v) is 5.51. The average Bonchev–Trinajstić information content (AvgIpc) is 3.29. The number of amides is 1. The third-order valence-corrected chi connectivity index (χ3v) is 3.77. The van der Waals surface area contributed by atoms with Crippen LogP contribution in [0.1, 0.15) is 12.0 Å². The summed E-state index contributed by atoms with van der Waals surface area (Å²) in [5, 5.41) is 10.4. The predicted octanol–water partition coefficient (Wildman–Crippen LogP) is 3.04. The van der Waals surface area contributed by atoms with Crippen molar-refractivity contribution in [2.45, 2.75) is 12.8 Å². The van der Waals surface area contributed by atoms with Gasteiger partial charge in [0.25, 0.3) is 0 Å². The molecule has 7 nitrogen and oxygen atoms in total. The van der Waals surface area contributed by atoms with E-state index in [1.54, 1.807) is 18.2 Å². The lowest BCUT2D eigenvalue weighted by molar-refractivity contribution is -0.116. The quantitative estimate of drug-likeness (QED) is 0.770. The van der Waals surface area contributed by atoms with Crippen LogP contribution in [0.15, 0.2) is 52.9 Å². The normalized spacial score (nSPS) is 12.2. The second kappa shape index (κ2) is 6.64. The van der Waals surface area contributed by atoms with E-state index < -0.39 is 0 Å². The van der Waals surface area contributed by atoms with Gasteiger partial charge in [0.05, 0.1) is 0 Å². The Labute approximate surface area is 143 Å². The molecule has 1 amide bonds. The number of hydrogen-bond acceptors (Lipinski definition) is 6. The van der Waals surface area contributed by atoms with Crippen molar-refractivity contribution in [1.82, 2.24) is 10.2 Å². The van der Waals surface area contributed by atoms with Gasteiger partial charge >= 0.3 is 6.01 Å². The summed E-state index contributed by atoms with van der Waals surface area (Å²) in [5.41, 5.74) is 1.80. The summed E-state index contributed by atoms with van der Waals surface area (Å²) >= 11 is 0. The number of anilines is 1. The van der Waals surface area contributed by atoms with Crippen molar-refractivity contribution in [2.24, 2.45) is 0 Å². The Bertz CT molecular complexity index is 892. The molecule has 0 aliphatic carbocycles. The minimum absolute atomic E-state index is 0.0747. The molecule has 2 aromatic carbocycles. The molecule has 25 heavy (non-hydrogen) atoms. The number of benzene rings is 2. The molecule has 0 saturated carbocycles.